The Morgan fingerprint density at radius 2 is 1.80 bits per heavy atom. The van der Waals surface area contributed by atoms with Crippen molar-refractivity contribution in [2.24, 2.45) is 5.92 Å². The summed E-state index contributed by atoms with van der Waals surface area (Å²) in [6.45, 7) is 9.96. The van der Waals surface area contributed by atoms with Crippen LogP contribution in [0.3, 0.4) is 0 Å². The number of carbonyl (C=O) groups excluding carboxylic acids is 2. The first-order valence-corrected chi connectivity index (χ1v) is 9.13. The molecule has 0 aliphatic heterocycles. The van der Waals surface area contributed by atoms with Gasteiger partial charge in [0.2, 0.25) is 0 Å². The minimum Gasteiger partial charge on any atom is -0.335 e. The van der Waals surface area contributed by atoms with Crippen LogP contribution in [0.5, 0.6) is 0 Å². The van der Waals surface area contributed by atoms with Crippen molar-refractivity contribution >= 4 is 11.9 Å². The SMILES string of the molecule is CCC.Cc1cc(C)c(C(=O)ONC(=O)CC2C=CCCC2)c(C)c1.[HH]. The fourth-order valence-electron chi connectivity index (χ4n) is 2.99. The van der Waals surface area contributed by atoms with Crippen LogP contribution in [-0.4, -0.2) is 11.9 Å². The Morgan fingerprint density at radius 3 is 2.32 bits per heavy atom. The number of hydroxylamine groups is 1. The molecule has 0 fully saturated rings. The Labute approximate surface area is 153 Å². The van der Waals surface area contributed by atoms with E-state index in [1.165, 1.54) is 6.42 Å². The van der Waals surface area contributed by atoms with E-state index in [2.05, 4.69) is 31.5 Å². The number of hydrogen-bond donors (Lipinski definition) is 1. The average molecular weight is 347 g/mol. The molecule has 1 aromatic carbocycles. The predicted octanol–water partition coefficient (Wildman–Crippen LogP) is 5.21. The summed E-state index contributed by atoms with van der Waals surface area (Å²) >= 11 is 0. The van der Waals surface area contributed by atoms with Gasteiger partial charge in [-0.25, -0.2) is 4.79 Å². The topological polar surface area (TPSA) is 55.4 Å². The van der Waals surface area contributed by atoms with E-state index < -0.39 is 5.97 Å². The van der Waals surface area contributed by atoms with Gasteiger partial charge in [0, 0.05) is 7.85 Å². The van der Waals surface area contributed by atoms with E-state index in [4.69, 9.17) is 4.84 Å². The fraction of sp³-hybridized carbons (Fsp3) is 0.524. The number of amides is 1. The molecule has 1 aliphatic rings. The smallest absolute Gasteiger partial charge is 0.335 e. The van der Waals surface area contributed by atoms with Crippen LogP contribution < -0.4 is 5.48 Å². The molecule has 0 heterocycles. The lowest BCUT2D eigenvalue weighted by Crippen LogP contribution is -2.29. The molecule has 1 aliphatic carbocycles. The Hall–Kier alpha value is -2.10. The third-order valence-corrected chi connectivity index (χ3v) is 3.94. The molecule has 4 heteroatoms. The van der Waals surface area contributed by atoms with Gasteiger partial charge in [-0.2, -0.15) is 5.48 Å². The first-order chi connectivity index (χ1) is 11.9. The van der Waals surface area contributed by atoms with Crippen molar-refractivity contribution < 1.29 is 15.9 Å². The van der Waals surface area contributed by atoms with Crippen LogP contribution in [0.1, 0.15) is 74.4 Å². The summed E-state index contributed by atoms with van der Waals surface area (Å²) in [4.78, 5) is 29.0. The molecular formula is C21H33NO3. The van der Waals surface area contributed by atoms with E-state index in [0.717, 1.165) is 36.0 Å². The van der Waals surface area contributed by atoms with Gasteiger partial charge < -0.3 is 4.84 Å². The minimum absolute atomic E-state index is 0. The molecule has 25 heavy (non-hydrogen) atoms. The summed E-state index contributed by atoms with van der Waals surface area (Å²) in [6.07, 6.45) is 8.98. The molecule has 2 rings (SSSR count). The molecule has 4 nitrogen and oxygen atoms in total. The summed E-state index contributed by atoms with van der Waals surface area (Å²) in [7, 11) is 0. The summed E-state index contributed by atoms with van der Waals surface area (Å²) in [5, 5.41) is 0. The number of hydrogen-bond acceptors (Lipinski definition) is 3. The van der Waals surface area contributed by atoms with Crippen molar-refractivity contribution in [1.82, 2.24) is 5.48 Å². The van der Waals surface area contributed by atoms with E-state index in [0.29, 0.717) is 12.0 Å². The van der Waals surface area contributed by atoms with Crippen molar-refractivity contribution in [3.05, 3.63) is 46.5 Å². The number of aryl methyl sites for hydroxylation is 3. The second-order valence-electron chi connectivity index (χ2n) is 6.72. The highest BCUT2D eigenvalue weighted by atomic mass is 16.7. The zero-order chi connectivity index (χ0) is 18.8. The highest BCUT2D eigenvalue weighted by Crippen LogP contribution is 2.20. The zero-order valence-corrected chi connectivity index (χ0v) is 16.1. The molecule has 1 aromatic rings. The number of rotatable bonds is 3. The maximum atomic E-state index is 12.1. The molecule has 0 saturated heterocycles. The van der Waals surface area contributed by atoms with Crippen molar-refractivity contribution in [3.63, 3.8) is 0 Å². The van der Waals surface area contributed by atoms with Gasteiger partial charge in [-0.3, -0.25) is 4.79 Å². The Kier molecular flexibility index (Phi) is 8.96. The number of allylic oxidation sites excluding steroid dienone is 2. The first kappa shape index (κ1) is 20.9. The maximum absolute atomic E-state index is 12.1. The monoisotopic (exact) mass is 347 g/mol. The first-order valence-electron chi connectivity index (χ1n) is 9.13. The molecule has 0 spiro atoms. The lowest BCUT2D eigenvalue weighted by molar-refractivity contribution is -0.130. The van der Waals surface area contributed by atoms with Crippen molar-refractivity contribution in [3.8, 4) is 0 Å². The average Bonchev–Trinajstić information content (AvgIpc) is 2.53. The van der Waals surface area contributed by atoms with E-state index in [9.17, 15) is 9.59 Å². The maximum Gasteiger partial charge on any atom is 0.363 e. The van der Waals surface area contributed by atoms with Gasteiger partial charge in [-0.05, 0) is 57.1 Å². The van der Waals surface area contributed by atoms with Gasteiger partial charge in [0.05, 0.1) is 5.56 Å². The third-order valence-electron chi connectivity index (χ3n) is 3.94. The molecular weight excluding hydrogens is 314 g/mol. The molecule has 1 unspecified atom stereocenters. The summed E-state index contributed by atoms with van der Waals surface area (Å²) in [5.41, 5.74) is 5.60. The highest BCUT2D eigenvalue weighted by molar-refractivity contribution is 5.93. The molecule has 1 amide bonds. The molecule has 0 saturated carbocycles. The van der Waals surface area contributed by atoms with Gasteiger partial charge in [-0.1, -0.05) is 50.1 Å². The summed E-state index contributed by atoms with van der Waals surface area (Å²) in [5.74, 6) is -0.523. The molecule has 140 valence electrons. The standard InChI is InChI=1S/C18H23NO3.C3H8.H2/c1-12-9-13(2)17(14(3)10-12)18(21)22-19-16(20)11-15-7-5-4-6-8-15;1-3-2;/h5,7,9-10,15H,4,6,8,11H2,1-3H3,(H,19,20);3H2,1-2H3;1H. The van der Waals surface area contributed by atoms with Gasteiger partial charge in [0.25, 0.3) is 5.91 Å². The van der Waals surface area contributed by atoms with Crippen LogP contribution in [0.4, 0.5) is 0 Å². The van der Waals surface area contributed by atoms with Crippen LogP contribution >= 0.6 is 0 Å². The lowest BCUT2D eigenvalue weighted by atomic mass is 9.93. The van der Waals surface area contributed by atoms with Crippen molar-refractivity contribution in [1.29, 1.82) is 0 Å². The third kappa shape index (κ3) is 7.12. The predicted molar refractivity (Wildman–Crippen MR) is 103 cm³/mol. The highest BCUT2D eigenvalue weighted by Gasteiger charge is 2.18. The van der Waals surface area contributed by atoms with E-state index in [1.807, 2.05) is 32.9 Å². The quantitative estimate of drug-likeness (QED) is 0.603. The van der Waals surface area contributed by atoms with Crippen LogP contribution in [0.2, 0.25) is 0 Å². The Morgan fingerprint density at radius 1 is 1.20 bits per heavy atom. The molecule has 1 atom stereocenters. The molecule has 1 N–H and O–H groups in total. The van der Waals surface area contributed by atoms with E-state index in [-0.39, 0.29) is 13.3 Å². The van der Waals surface area contributed by atoms with Crippen LogP contribution in [0, 0.1) is 26.7 Å². The van der Waals surface area contributed by atoms with Gasteiger partial charge in [0.1, 0.15) is 0 Å². The second-order valence-corrected chi connectivity index (χ2v) is 6.72. The van der Waals surface area contributed by atoms with Gasteiger partial charge in [0.15, 0.2) is 0 Å². The summed E-state index contributed by atoms with van der Waals surface area (Å²) < 4.78 is 0. The largest absolute Gasteiger partial charge is 0.363 e. The second kappa shape index (κ2) is 10.7. The normalized spacial score (nSPS) is 15.8. The zero-order valence-electron chi connectivity index (χ0n) is 16.1. The molecule has 0 radical (unpaired) electrons. The van der Waals surface area contributed by atoms with Crippen molar-refractivity contribution in [2.75, 3.05) is 0 Å². The van der Waals surface area contributed by atoms with E-state index >= 15 is 0 Å². The van der Waals surface area contributed by atoms with Crippen LogP contribution in [0.25, 0.3) is 0 Å². The molecule has 0 aromatic heterocycles. The minimum atomic E-state index is -0.512. The summed E-state index contributed by atoms with van der Waals surface area (Å²) in [6, 6.07) is 3.86. The lowest BCUT2D eigenvalue weighted by Gasteiger charge is -2.16. The Bertz CT molecular complexity index is 603. The fourth-order valence-corrected chi connectivity index (χ4v) is 2.99. The van der Waals surface area contributed by atoms with Gasteiger partial charge >= 0.3 is 5.97 Å². The van der Waals surface area contributed by atoms with E-state index in [1.54, 1.807) is 0 Å². The van der Waals surface area contributed by atoms with Crippen LogP contribution in [-0.2, 0) is 9.63 Å². The molecule has 0 bridgehead atoms. The number of carbonyl (C=O) groups is 2. The van der Waals surface area contributed by atoms with Crippen molar-refractivity contribution in [2.45, 2.75) is 66.7 Å². The number of benzene rings is 1. The van der Waals surface area contributed by atoms with Crippen LogP contribution in [0.15, 0.2) is 24.3 Å². The van der Waals surface area contributed by atoms with Gasteiger partial charge in [-0.15, -0.1) is 0 Å². The Balaban J connectivity index is 0.00000146. The number of nitrogens with one attached hydrogen (secondary N) is 1.